The Morgan fingerprint density at radius 2 is 2.13 bits per heavy atom. The summed E-state index contributed by atoms with van der Waals surface area (Å²) in [4.78, 5) is 14.8. The molecule has 2 aliphatic heterocycles. The average Bonchev–Trinajstić information content (AvgIpc) is 3.34. The van der Waals surface area contributed by atoms with Gasteiger partial charge in [0.2, 0.25) is 0 Å². The van der Waals surface area contributed by atoms with Crippen molar-refractivity contribution in [2.75, 3.05) is 0 Å². The largest absolute Gasteiger partial charge is 0.358 e. The standard InChI is InChI=1S/C18H18ClN3O/c19-14-6-2-1-5-13(14)11-20-18(23)16-15-7-3-4-10-22(15)17(21-16)12-8-9-12/h1-7,10,12,17,21H,8-9,11H2,(H,20,23). The van der Waals surface area contributed by atoms with Gasteiger partial charge in [0.15, 0.2) is 0 Å². The second kappa shape index (κ2) is 5.78. The highest BCUT2D eigenvalue weighted by atomic mass is 35.5. The van der Waals surface area contributed by atoms with Gasteiger partial charge in [0, 0.05) is 17.8 Å². The third kappa shape index (κ3) is 2.75. The molecule has 1 atom stereocenters. The summed E-state index contributed by atoms with van der Waals surface area (Å²) in [6.07, 6.45) is 10.6. The number of hydrogen-bond acceptors (Lipinski definition) is 3. The van der Waals surface area contributed by atoms with Gasteiger partial charge in [-0.3, -0.25) is 4.79 Å². The minimum Gasteiger partial charge on any atom is -0.358 e. The van der Waals surface area contributed by atoms with Gasteiger partial charge in [0.05, 0.1) is 5.70 Å². The summed E-state index contributed by atoms with van der Waals surface area (Å²) in [5, 5.41) is 7.04. The fourth-order valence-electron chi connectivity index (χ4n) is 3.05. The van der Waals surface area contributed by atoms with Gasteiger partial charge < -0.3 is 15.5 Å². The normalized spacial score (nSPS) is 22.1. The number of carbonyl (C=O) groups is 1. The molecule has 5 heteroatoms. The molecule has 1 aromatic carbocycles. The molecular weight excluding hydrogens is 310 g/mol. The van der Waals surface area contributed by atoms with Crippen molar-refractivity contribution in [3.63, 3.8) is 0 Å². The Morgan fingerprint density at radius 3 is 2.91 bits per heavy atom. The lowest BCUT2D eigenvalue weighted by Crippen LogP contribution is -2.38. The van der Waals surface area contributed by atoms with Crippen LogP contribution < -0.4 is 10.6 Å². The van der Waals surface area contributed by atoms with Crippen molar-refractivity contribution in [1.29, 1.82) is 0 Å². The van der Waals surface area contributed by atoms with Crippen LogP contribution in [0.5, 0.6) is 0 Å². The Bertz CT molecular complexity index is 734. The minimum atomic E-state index is -0.0898. The molecule has 1 fully saturated rings. The molecule has 118 valence electrons. The van der Waals surface area contributed by atoms with Gasteiger partial charge in [-0.2, -0.15) is 0 Å². The topological polar surface area (TPSA) is 44.4 Å². The maximum absolute atomic E-state index is 12.6. The fraction of sp³-hybridized carbons (Fsp3) is 0.278. The maximum Gasteiger partial charge on any atom is 0.269 e. The molecule has 1 aliphatic carbocycles. The van der Waals surface area contributed by atoms with Crippen LogP contribution in [0.2, 0.25) is 5.02 Å². The second-order valence-electron chi connectivity index (χ2n) is 6.07. The lowest BCUT2D eigenvalue weighted by molar-refractivity contribution is -0.118. The molecule has 2 heterocycles. The molecule has 4 rings (SSSR count). The number of rotatable bonds is 4. The van der Waals surface area contributed by atoms with Gasteiger partial charge in [-0.15, -0.1) is 0 Å². The van der Waals surface area contributed by atoms with Crippen LogP contribution in [0.15, 0.2) is 60.1 Å². The smallest absolute Gasteiger partial charge is 0.269 e. The number of nitrogens with zero attached hydrogens (tertiary/aromatic N) is 1. The molecule has 2 N–H and O–H groups in total. The van der Waals surface area contributed by atoms with E-state index in [1.807, 2.05) is 48.7 Å². The lowest BCUT2D eigenvalue weighted by Gasteiger charge is -2.25. The summed E-state index contributed by atoms with van der Waals surface area (Å²) in [7, 11) is 0. The molecule has 0 bridgehead atoms. The van der Waals surface area contributed by atoms with Crippen molar-refractivity contribution < 1.29 is 4.79 Å². The summed E-state index contributed by atoms with van der Waals surface area (Å²) in [6.45, 7) is 0.421. The molecule has 1 saturated carbocycles. The van der Waals surface area contributed by atoms with Crippen molar-refractivity contribution in [2.24, 2.45) is 5.92 Å². The van der Waals surface area contributed by atoms with E-state index in [9.17, 15) is 4.79 Å². The van der Waals surface area contributed by atoms with Gasteiger partial charge in [-0.1, -0.05) is 35.9 Å². The summed E-state index contributed by atoms with van der Waals surface area (Å²) in [5.74, 6) is 0.531. The SMILES string of the molecule is O=C(NCc1ccccc1Cl)C1=C2C=CC=CN2C(C2CC2)N1. The minimum absolute atomic E-state index is 0.0898. The predicted octanol–water partition coefficient (Wildman–Crippen LogP) is 2.89. The number of hydrogen-bond donors (Lipinski definition) is 2. The highest BCUT2D eigenvalue weighted by Gasteiger charge is 2.42. The quantitative estimate of drug-likeness (QED) is 0.893. The van der Waals surface area contributed by atoms with E-state index < -0.39 is 0 Å². The maximum atomic E-state index is 12.6. The van der Waals surface area contributed by atoms with E-state index in [0.717, 1.165) is 11.3 Å². The molecule has 0 aromatic heterocycles. The monoisotopic (exact) mass is 327 g/mol. The molecule has 0 saturated heterocycles. The van der Waals surface area contributed by atoms with Crippen molar-refractivity contribution in [2.45, 2.75) is 25.6 Å². The third-order valence-corrected chi connectivity index (χ3v) is 4.80. The Balaban J connectivity index is 1.50. The zero-order valence-electron chi connectivity index (χ0n) is 12.6. The number of allylic oxidation sites excluding steroid dienone is 3. The number of fused-ring (bicyclic) bond motifs is 1. The lowest BCUT2D eigenvalue weighted by atomic mass is 10.2. The zero-order valence-corrected chi connectivity index (χ0v) is 13.4. The van der Waals surface area contributed by atoms with Crippen molar-refractivity contribution in [3.05, 3.63) is 70.7 Å². The molecule has 1 aromatic rings. The summed E-state index contributed by atoms with van der Waals surface area (Å²) in [6, 6.07) is 7.56. The van der Waals surface area contributed by atoms with Crippen molar-refractivity contribution in [1.82, 2.24) is 15.5 Å². The number of carbonyl (C=O) groups excluding carboxylic acids is 1. The number of amides is 1. The molecule has 0 spiro atoms. The van der Waals surface area contributed by atoms with Crippen LogP contribution >= 0.6 is 11.6 Å². The summed E-state index contributed by atoms with van der Waals surface area (Å²) < 4.78 is 0. The van der Waals surface area contributed by atoms with Gasteiger partial charge in [-0.25, -0.2) is 0 Å². The Hall–Kier alpha value is -2.20. The van der Waals surface area contributed by atoms with Crippen LogP contribution in [0.4, 0.5) is 0 Å². The van der Waals surface area contributed by atoms with Crippen molar-refractivity contribution >= 4 is 17.5 Å². The fourth-order valence-corrected chi connectivity index (χ4v) is 3.25. The van der Waals surface area contributed by atoms with Gasteiger partial charge in [0.25, 0.3) is 5.91 Å². The number of nitrogens with one attached hydrogen (secondary N) is 2. The van der Waals surface area contributed by atoms with E-state index in [0.29, 0.717) is 23.2 Å². The van der Waals surface area contributed by atoms with E-state index in [1.54, 1.807) is 0 Å². The molecule has 4 nitrogen and oxygen atoms in total. The first-order chi connectivity index (χ1) is 11.2. The molecule has 1 amide bonds. The van der Waals surface area contributed by atoms with Crippen LogP contribution in [0.1, 0.15) is 18.4 Å². The summed E-state index contributed by atoms with van der Waals surface area (Å²) >= 11 is 6.14. The highest BCUT2D eigenvalue weighted by molar-refractivity contribution is 6.31. The first kappa shape index (κ1) is 14.4. The second-order valence-corrected chi connectivity index (χ2v) is 6.48. The van der Waals surface area contributed by atoms with Crippen LogP contribution in [-0.2, 0) is 11.3 Å². The zero-order chi connectivity index (χ0) is 15.8. The predicted molar refractivity (Wildman–Crippen MR) is 90.1 cm³/mol. The van der Waals surface area contributed by atoms with Gasteiger partial charge in [0.1, 0.15) is 11.9 Å². The van der Waals surface area contributed by atoms with E-state index in [1.165, 1.54) is 12.8 Å². The van der Waals surface area contributed by atoms with E-state index >= 15 is 0 Å². The van der Waals surface area contributed by atoms with Gasteiger partial charge in [-0.05, 0) is 42.5 Å². The molecule has 23 heavy (non-hydrogen) atoms. The van der Waals surface area contributed by atoms with E-state index in [-0.39, 0.29) is 12.1 Å². The molecule has 0 radical (unpaired) electrons. The average molecular weight is 328 g/mol. The van der Waals surface area contributed by atoms with E-state index in [4.69, 9.17) is 11.6 Å². The molecule has 1 unspecified atom stereocenters. The third-order valence-electron chi connectivity index (χ3n) is 4.43. The van der Waals surface area contributed by atoms with Gasteiger partial charge >= 0.3 is 0 Å². The van der Waals surface area contributed by atoms with E-state index in [2.05, 4.69) is 15.5 Å². The number of benzene rings is 1. The Labute approximate surface area is 140 Å². The Kier molecular flexibility index (Phi) is 3.62. The summed E-state index contributed by atoms with van der Waals surface area (Å²) in [5.41, 5.74) is 2.51. The van der Waals surface area contributed by atoms with Crippen LogP contribution in [0.3, 0.4) is 0 Å². The number of halogens is 1. The van der Waals surface area contributed by atoms with Crippen molar-refractivity contribution in [3.8, 4) is 0 Å². The highest BCUT2D eigenvalue weighted by Crippen LogP contribution is 2.40. The first-order valence-corrected chi connectivity index (χ1v) is 8.27. The van der Waals surface area contributed by atoms with Crippen LogP contribution in [-0.4, -0.2) is 17.0 Å². The Morgan fingerprint density at radius 1 is 1.30 bits per heavy atom. The molecular formula is C18H18ClN3O. The first-order valence-electron chi connectivity index (χ1n) is 7.89. The van der Waals surface area contributed by atoms with Crippen LogP contribution in [0.25, 0.3) is 0 Å². The molecule has 3 aliphatic rings. The van der Waals surface area contributed by atoms with Crippen LogP contribution in [0, 0.1) is 5.92 Å².